The fraction of sp³-hybridized carbons (Fsp3) is 0.125. The van der Waals surface area contributed by atoms with Gasteiger partial charge in [0, 0.05) is 0 Å². The van der Waals surface area contributed by atoms with Crippen LogP contribution in [-0.4, -0.2) is 12.3 Å². The first-order valence-electron chi connectivity index (χ1n) is 3.38. The number of anilines is 1. The summed E-state index contributed by atoms with van der Waals surface area (Å²) in [4.78, 5) is 15.6. The number of hydrogen-bond acceptors (Lipinski definition) is 2. The summed E-state index contributed by atoms with van der Waals surface area (Å²) >= 11 is 3.65. The van der Waals surface area contributed by atoms with Gasteiger partial charge in [0.05, 0.1) is 12.8 Å². The summed E-state index contributed by atoms with van der Waals surface area (Å²) in [6, 6.07) is 9.02. The minimum Gasteiger partial charge on any atom is -0.269 e. The Morgan fingerprint density at radius 2 is 2.00 bits per heavy atom. The summed E-state index contributed by atoms with van der Waals surface area (Å²) in [5.41, 5.74) is 0.667. The lowest BCUT2D eigenvalue weighted by molar-refractivity contribution is 0.177. The van der Waals surface area contributed by atoms with Crippen LogP contribution in [0.2, 0.25) is 0 Å². The Bertz CT molecular complexity index is 263. The van der Waals surface area contributed by atoms with Crippen molar-refractivity contribution in [2.45, 2.75) is 0 Å². The van der Waals surface area contributed by atoms with Crippen LogP contribution in [0, 0.1) is 0 Å². The highest BCUT2D eigenvalue weighted by Gasteiger charge is 2.09. The second-order valence-corrected chi connectivity index (χ2v) is 2.48. The summed E-state index contributed by atoms with van der Waals surface area (Å²) in [6.45, 7) is 0. The number of hydrogen-bond donors (Lipinski definition) is 1. The van der Waals surface area contributed by atoms with Crippen LogP contribution in [0.4, 0.5) is 10.5 Å². The van der Waals surface area contributed by atoms with E-state index in [1.165, 1.54) is 7.11 Å². The molecule has 1 aromatic rings. The third kappa shape index (κ3) is 1.99. The molecule has 0 unspecified atom stereocenters. The largest absolute Gasteiger partial charge is 0.306 e. The van der Waals surface area contributed by atoms with Crippen LogP contribution < -0.4 is 5.06 Å². The maximum atomic E-state index is 10.8. The van der Waals surface area contributed by atoms with Crippen molar-refractivity contribution in [3.8, 4) is 0 Å². The summed E-state index contributed by atoms with van der Waals surface area (Å²) in [5, 5.41) is 0.659. The molecule has 0 radical (unpaired) electrons. The molecular formula is C8H9NO2S. The van der Waals surface area contributed by atoms with Crippen LogP contribution >= 0.6 is 12.6 Å². The maximum absolute atomic E-state index is 10.8. The number of rotatable bonds is 2. The van der Waals surface area contributed by atoms with Gasteiger partial charge in [0.2, 0.25) is 0 Å². The highest BCUT2D eigenvalue weighted by atomic mass is 32.1. The average molecular weight is 183 g/mol. The van der Waals surface area contributed by atoms with Crippen LogP contribution in [0.15, 0.2) is 30.3 Å². The molecule has 0 atom stereocenters. The van der Waals surface area contributed by atoms with E-state index >= 15 is 0 Å². The van der Waals surface area contributed by atoms with Crippen LogP contribution in [0.1, 0.15) is 0 Å². The number of hydroxylamine groups is 1. The van der Waals surface area contributed by atoms with E-state index in [0.29, 0.717) is 5.69 Å². The van der Waals surface area contributed by atoms with Gasteiger partial charge >= 0.3 is 5.24 Å². The summed E-state index contributed by atoms with van der Waals surface area (Å²) in [6.07, 6.45) is 0. The number of thiol groups is 1. The minimum absolute atomic E-state index is 0.441. The number of amides is 1. The van der Waals surface area contributed by atoms with E-state index in [1.54, 1.807) is 12.1 Å². The Labute approximate surface area is 76.3 Å². The molecule has 0 aliphatic carbocycles. The van der Waals surface area contributed by atoms with Crippen LogP contribution in [0.3, 0.4) is 0 Å². The molecule has 0 spiro atoms. The van der Waals surface area contributed by atoms with Crippen molar-refractivity contribution >= 4 is 23.6 Å². The molecule has 0 aromatic heterocycles. The fourth-order valence-corrected chi connectivity index (χ4v) is 1.05. The van der Waals surface area contributed by atoms with Gasteiger partial charge in [-0.1, -0.05) is 30.8 Å². The molecule has 0 heterocycles. The van der Waals surface area contributed by atoms with Gasteiger partial charge in [0.25, 0.3) is 0 Å². The van der Waals surface area contributed by atoms with E-state index in [9.17, 15) is 4.79 Å². The van der Waals surface area contributed by atoms with Crippen molar-refractivity contribution in [2.24, 2.45) is 0 Å². The molecule has 0 aliphatic heterocycles. The number of carbonyl (C=O) groups excluding carboxylic acids is 1. The van der Waals surface area contributed by atoms with Crippen molar-refractivity contribution in [1.82, 2.24) is 0 Å². The fourth-order valence-electron chi connectivity index (χ4n) is 0.857. The first-order chi connectivity index (χ1) is 5.75. The number of benzene rings is 1. The lowest BCUT2D eigenvalue weighted by atomic mass is 10.3. The summed E-state index contributed by atoms with van der Waals surface area (Å²) in [7, 11) is 1.42. The van der Waals surface area contributed by atoms with Crippen LogP contribution in [-0.2, 0) is 4.84 Å². The van der Waals surface area contributed by atoms with E-state index in [4.69, 9.17) is 4.84 Å². The number of nitrogens with zero attached hydrogens (tertiary/aromatic N) is 1. The van der Waals surface area contributed by atoms with Crippen molar-refractivity contribution in [2.75, 3.05) is 12.2 Å². The summed E-state index contributed by atoms with van der Waals surface area (Å²) < 4.78 is 0. The molecule has 1 aromatic carbocycles. The second-order valence-electron chi connectivity index (χ2n) is 2.10. The first-order valence-corrected chi connectivity index (χ1v) is 3.82. The van der Waals surface area contributed by atoms with Crippen molar-refractivity contribution in [3.05, 3.63) is 30.3 Å². The quantitative estimate of drug-likeness (QED) is 0.562. The molecule has 0 aliphatic rings. The minimum atomic E-state index is -0.441. The van der Waals surface area contributed by atoms with Gasteiger partial charge in [-0.3, -0.25) is 9.63 Å². The first kappa shape index (κ1) is 9.09. The standard InChI is InChI=1S/C8H9NO2S/c1-11-9(8(10)12)7-5-3-2-4-6-7/h2-6H,1H3,(H,10,12). The molecule has 0 N–H and O–H groups in total. The average Bonchev–Trinajstić information content (AvgIpc) is 2.07. The molecule has 0 saturated carbocycles. The van der Waals surface area contributed by atoms with Crippen LogP contribution in [0.5, 0.6) is 0 Å². The highest BCUT2D eigenvalue weighted by molar-refractivity contribution is 7.96. The van der Waals surface area contributed by atoms with Gasteiger partial charge < -0.3 is 0 Å². The van der Waals surface area contributed by atoms with E-state index < -0.39 is 5.24 Å². The Balaban J connectivity index is 2.88. The molecule has 0 fully saturated rings. The Morgan fingerprint density at radius 1 is 1.42 bits per heavy atom. The Morgan fingerprint density at radius 3 is 2.42 bits per heavy atom. The molecule has 3 nitrogen and oxygen atoms in total. The highest BCUT2D eigenvalue weighted by Crippen LogP contribution is 2.14. The molecule has 0 bridgehead atoms. The SMILES string of the molecule is CON(C(=O)S)c1ccccc1. The molecule has 4 heteroatoms. The van der Waals surface area contributed by atoms with Gasteiger partial charge in [-0.25, -0.2) is 0 Å². The zero-order chi connectivity index (χ0) is 8.97. The zero-order valence-electron chi connectivity index (χ0n) is 6.60. The van der Waals surface area contributed by atoms with Crippen molar-refractivity contribution in [1.29, 1.82) is 0 Å². The van der Waals surface area contributed by atoms with Crippen LogP contribution in [0.25, 0.3) is 0 Å². The zero-order valence-corrected chi connectivity index (χ0v) is 7.49. The lowest BCUT2D eigenvalue weighted by Gasteiger charge is -2.16. The topological polar surface area (TPSA) is 29.5 Å². The summed E-state index contributed by atoms with van der Waals surface area (Å²) in [5.74, 6) is 0. The third-order valence-corrected chi connectivity index (χ3v) is 1.53. The van der Waals surface area contributed by atoms with Gasteiger partial charge in [-0.2, -0.15) is 5.06 Å². The van der Waals surface area contributed by atoms with Gasteiger partial charge in [-0.15, -0.1) is 0 Å². The number of para-hydroxylation sites is 1. The second kappa shape index (κ2) is 4.13. The number of carbonyl (C=O) groups is 1. The molecular weight excluding hydrogens is 174 g/mol. The third-order valence-electron chi connectivity index (χ3n) is 1.35. The Hall–Kier alpha value is -1.00. The van der Waals surface area contributed by atoms with Crippen molar-refractivity contribution < 1.29 is 9.63 Å². The van der Waals surface area contributed by atoms with Gasteiger partial charge in [-0.05, 0) is 12.1 Å². The lowest BCUT2D eigenvalue weighted by Crippen LogP contribution is -2.23. The van der Waals surface area contributed by atoms with E-state index in [-0.39, 0.29) is 0 Å². The molecule has 1 amide bonds. The van der Waals surface area contributed by atoms with Gasteiger partial charge in [0.15, 0.2) is 0 Å². The smallest absolute Gasteiger partial charge is 0.269 e. The molecule has 0 saturated heterocycles. The maximum Gasteiger partial charge on any atom is 0.306 e. The monoisotopic (exact) mass is 183 g/mol. The normalized spacial score (nSPS) is 9.50. The Kier molecular flexibility index (Phi) is 3.13. The van der Waals surface area contributed by atoms with E-state index in [1.807, 2.05) is 18.2 Å². The predicted octanol–water partition coefficient (Wildman–Crippen LogP) is 2.10. The predicted molar refractivity (Wildman–Crippen MR) is 50.3 cm³/mol. The van der Waals surface area contributed by atoms with E-state index in [0.717, 1.165) is 5.06 Å². The molecule has 1 rings (SSSR count). The molecule has 64 valence electrons. The molecule has 12 heavy (non-hydrogen) atoms. The van der Waals surface area contributed by atoms with E-state index in [2.05, 4.69) is 12.6 Å². The van der Waals surface area contributed by atoms with Gasteiger partial charge in [0.1, 0.15) is 0 Å². The van der Waals surface area contributed by atoms with Crippen molar-refractivity contribution in [3.63, 3.8) is 0 Å².